The molecule has 4 nitrogen and oxygen atoms in total. The molecule has 0 saturated heterocycles. The summed E-state index contributed by atoms with van der Waals surface area (Å²) in [6.45, 7) is 4.29. The largest absolute Gasteiger partial charge is 0.394 e. The number of carbonyl (C=O) groups excluding carboxylic acids is 1. The quantitative estimate of drug-likeness (QED) is 0.0422. The number of hydrogen-bond donors (Lipinski definition) is 3. The molecule has 4 heteroatoms. The van der Waals surface area contributed by atoms with E-state index >= 15 is 0 Å². The van der Waals surface area contributed by atoms with Crippen LogP contribution in [0.4, 0.5) is 0 Å². The first-order valence-corrected chi connectivity index (χ1v) is 27.2. The molecule has 0 bridgehead atoms. The van der Waals surface area contributed by atoms with Gasteiger partial charge < -0.3 is 15.5 Å². The molecule has 3 N–H and O–H groups in total. The van der Waals surface area contributed by atoms with Crippen molar-refractivity contribution in [2.75, 3.05) is 6.61 Å². The van der Waals surface area contributed by atoms with Crippen molar-refractivity contribution in [3.05, 3.63) is 36.5 Å². The number of amides is 1. The van der Waals surface area contributed by atoms with Crippen LogP contribution in [0.25, 0.3) is 0 Å². The van der Waals surface area contributed by atoms with Gasteiger partial charge in [-0.2, -0.15) is 0 Å². The average molecular weight is 842 g/mol. The molecular formula is C56H107NO3. The number of unbranched alkanes of at least 4 members (excludes halogenated alkanes) is 39. The second kappa shape index (κ2) is 52.0. The Bertz CT molecular complexity index is 912. The van der Waals surface area contributed by atoms with Gasteiger partial charge in [0.25, 0.3) is 0 Å². The maximum atomic E-state index is 12.4. The van der Waals surface area contributed by atoms with Crippen LogP contribution in [-0.4, -0.2) is 34.9 Å². The lowest BCUT2D eigenvalue weighted by atomic mass is 10.0. The molecule has 0 fully saturated rings. The minimum absolute atomic E-state index is 0.0719. The molecule has 0 saturated carbocycles. The number of nitrogens with one attached hydrogen (secondary N) is 1. The molecule has 0 rings (SSSR count). The zero-order chi connectivity index (χ0) is 43.5. The van der Waals surface area contributed by atoms with Crippen molar-refractivity contribution in [3.63, 3.8) is 0 Å². The van der Waals surface area contributed by atoms with Gasteiger partial charge in [-0.3, -0.25) is 4.79 Å². The van der Waals surface area contributed by atoms with Crippen molar-refractivity contribution in [1.29, 1.82) is 0 Å². The van der Waals surface area contributed by atoms with Gasteiger partial charge in [0.15, 0.2) is 0 Å². The van der Waals surface area contributed by atoms with E-state index in [2.05, 4.69) is 43.5 Å². The van der Waals surface area contributed by atoms with Gasteiger partial charge in [0.1, 0.15) is 0 Å². The van der Waals surface area contributed by atoms with Crippen LogP contribution in [0.5, 0.6) is 0 Å². The van der Waals surface area contributed by atoms with Crippen LogP contribution >= 0.6 is 0 Å². The lowest BCUT2D eigenvalue weighted by Gasteiger charge is -2.19. The van der Waals surface area contributed by atoms with E-state index in [4.69, 9.17) is 0 Å². The fraction of sp³-hybridized carbons (Fsp3) is 0.875. The summed E-state index contributed by atoms with van der Waals surface area (Å²) >= 11 is 0. The fourth-order valence-electron chi connectivity index (χ4n) is 8.43. The predicted octanol–water partition coefficient (Wildman–Crippen LogP) is 17.7. The Morgan fingerprint density at radius 1 is 0.383 bits per heavy atom. The zero-order valence-electron chi connectivity index (χ0n) is 40.7. The lowest BCUT2D eigenvalue weighted by Crippen LogP contribution is -2.45. The van der Waals surface area contributed by atoms with Crippen molar-refractivity contribution in [2.24, 2.45) is 0 Å². The molecule has 2 unspecified atom stereocenters. The summed E-state index contributed by atoms with van der Waals surface area (Å²) in [4.78, 5) is 12.4. The standard InChI is InChI=1S/C56H107NO3/c1-3-5-7-9-11-13-15-16-17-18-19-20-21-22-23-24-25-26-27-28-29-30-31-32-33-34-35-36-37-38-39-40-42-44-46-48-50-52-56(60)57-54(53-58)55(59)51-49-47-45-43-41-14-12-10-8-6-4-2/h26-27,41,43,49,51,54-55,58-59H,3-25,28-40,42,44-48,50,52-53H2,1-2H3,(H,57,60)/b27-26-,43-41+,51-49+. The van der Waals surface area contributed by atoms with Crippen LogP contribution in [0.3, 0.4) is 0 Å². The highest BCUT2D eigenvalue weighted by Crippen LogP contribution is 2.17. The second-order valence-corrected chi connectivity index (χ2v) is 18.6. The van der Waals surface area contributed by atoms with Crippen LogP contribution in [-0.2, 0) is 4.79 Å². The molecule has 0 aromatic rings. The molecule has 0 radical (unpaired) electrons. The molecule has 2 atom stereocenters. The normalized spacial score (nSPS) is 13.1. The highest BCUT2D eigenvalue weighted by atomic mass is 16.3. The summed E-state index contributed by atoms with van der Waals surface area (Å²) in [5.41, 5.74) is 0. The topological polar surface area (TPSA) is 69.6 Å². The Morgan fingerprint density at radius 2 is 0.650 bits per heavy atom. The Labute approximate surface area is 376 Å². The van der Waals surface area contributed by atoms with E-state index < -0.39 is 12.1 Å². The minimum atomic E-state index is -0.859. The number of hydrogen-bond acceptors (Lipinski definition) is 3. The van der Waals surface area contributed by atoms with E-state index in [1.807, 2.05) is 6.08 Å². The number of allylic oxidation sites excluding steroid dienone is 5. The van der Waals surface area contributed by atoms with Crippen molar-refractivity contribution in [3.8, 4) is 0 Å². The molecule has 0 aliphatic rings. The summed E-state index contributed by atoms with van der Waals surface area (Å²) in [5, 5.41) is 23.0. The van der Waals surface area contributed by atoms with Crippen molar-refractivity contribution < 1.29 is 15.0 Å². The van der Waals surface area contributed by atoms with Crippen LogP contribution in [0, 0.1) is 0 Å². The average Bonchev–Trinajstić information content (AvgIpc) is 3.25. The van der Waals surface area contributed by atoms with Gasteiger partial charge in [-0.15, -0.1) is 0 Å². The number of carbonyl (C=O) groups is 1. The summed E-state index contributed by atoms with van der Waals surface area (Å²) in [6, 6.07) is -0.636. The van der Waals surface area contributed by atoms with Crippen LogP contribution < -0.4 is 5.32 Å². The van der Waals surface area contributed by atoms with E-state index in [-0.39, 0.29) is 12.5 Å². The maximum absolute atomic E-state index is 12.4. The third-order valence-corrected chi connectivity index (χ3v) is 12.6. The Hall–Kier alpha value is -1.39. The first kappa shape index (κ1) is 58.6. The molecule has 60 heavy (non-hydrogen) atoms. The Kier molecular flexibility index (Phi) is 50.8. The number of rotatable bonds is 50. The van der Waals surface area contributed by atoms with E-state index in [0.717, 1.165) is 32.1 Å². The first-order chi connectivity index (χ1) is 29.7. The van der Waals surface area contributed by atoms with Crippen molar-refractivity contribution in [2.45, 2.75) is 309 Å². The zero-order valence-corrected chi connectivity index (χ0v) is 40.7. The highest BCUT2D eigenvalue weighted by molar-refractivity contribution is 5.76. The summed E-state index contributed by atoms with van der Waals surface area (Å²) in [5.74, 6) is -0.0719. The molecule has 0 aliphatic heterocycles. The van der Waals surface area contributed by atoms with E-state index in [1.54, 1.807) is 6.08 Å². The Morgan fingerprint density at radius 3 is 0.967 bits per heavy atom. The van der Waals surface area contributed by atoms with Crippen molar-refractivity contribution >= 4 is 5.91 Å². The highest BCUT2D eigenvalue weighted by Gasteiger charge is 2.18. The third kappa shape index (κ3) is 47.7. The van der Waals surface area contributed by atoms with Gasteiger partial charge in [-0.25, -0.2) is 0 Å². The van der Waals surface area contributed by atoms with E-state index in [1.165, 1.54) is 244 Å². The van der Waals surface area contributed by atoms with Gasteiger partial charge >= 0.3 is 0 Å². The predicted molar refractivity (Wildman–Crippen MR) is 267 cm³/mol. The van der Waals surface area contributed by atoms with Gasteiger partial charge in [0.2, 0.25) is 5.91 Å². The summed E-state index contributed by atoms with van der Waals surface area (Å²) in [7, 11) is 0. The molecule has 0 heterocycles. The van der Waals surface area contributed by atoms with Gasteiger partial charge in [0.05, 0.1) is 18.8 Å². The first-order valence-electron chi connectivity index (χ1n) is 27.2. The molecule has 354 valence electrons. The number of aliphatic hydroxyl groups is 2. The molecule has 1 amide bonds. The van der Waals surface area contributed by atoms with Gasteiger partial charge in [0, 0.05) is 6.42 Å². The molecular weight excluding hydrogens is 735 g/mol. The third-order valence-electron chi connectivity index (χ3n) is 12.6. The smallest absolute Gasteiger partial charge is 0.220 e. The van der Waals surface area contributed by atoms with Gasteiger partial charge in [-0.1, -0.05) is 269 Å². The van der Waals surface area contributed by atoms with E-state index in [0.29, 0.717) is 6.42 Å². The van der Waals surface area contributed by atoms with Crippen molar-refractivity contribution in [1.82, 2.24) is 5.32 Å². The van der Waals surface area contributed by atoms with Crippen LogP contribution in [0.1, 0.15) is 296 Å². The SMILES string of the molecule is CCCCCCC/C=C/CC/C=C/C(O)C(CO)NC(=O)CCCCCCCCCCCCCCCCCCC/C=C\CCCCCCCCCCCCCCCCCC. The minimum Gasteiger partial charge on any atom is -0.394 e. The molecule has 0 aliphatic carbocycles. The lowest BCUT2D eigenvalue weighted by molar-refractivity contribution is -0.123. The monoisotopic (exact) mass is 842 g/mol. The fourth-order valence-corrected chi connectivity index (χ4v) is 8.43. The van der Waals surface area contributed by atoms with Gasteiger partial charge in [-0.05, 0) is 57.8 Å². The Balaban J connectivity index is 3.39. The molecule has 0 spiro atoms. The summed E-state index contributed by atoms with van der Waals surface area (Å²) < 4.78 is 0. The number of aliphatic hydroxyl groups excluding tert-OH is 2. The summed E-state index contributed by atoms with van der Waals surface area (Å²) in [6.07, 6.45) is 70.4. The maximum Gasteiger partial charge on any atom is 0.220 e. The van der Waals surface area contributed by atoms with Crippen LogP contribution in [0.15, 0.2) is 36.5 Å². The molecule has 0 aromatic carbocycles. The van der Waals surface area contributed by atoms with Crippen LogP contribution in [0.2, 0.25) is 0 Å². The second-order valence-electron chi connectivity index (χ2n) is 18.6. The van der Waals surface area contributed by atoms with E-state index in [9.17, 15) is 15.0 Å². The molecule has 0 aromatic heterocycles.